The minimum Gasteiger partial charge on any atom is -0.350 e. The number of carbonyl (C=O) groups is 2. The number of amides is 2. The molecule has 0 bridgehead atoms. The van der Waals surface area contributed by atoms with Gasteiger partial charge in [-0.25, -0.2) is 0 Å². The molecule has 20 heavy (non-hydrogen) atoms. The molecule has 0 spiro atoms. The largest absolute Gasteiger partial charge is 0.350 e. The maximum Gasteiger partial charge on any atom is 0.242 e. The van der Waals surface area contributed by atoms with Gasteiger partial charge in [0.25, 0.3) is 0 Å². The fourth-order valence-electron chi connectivity index (χ4n) is 1.92. The van der Waals surface area contributed by atoms with Gasteiger partial charge in [-0.3, -0.25) is 9.59 Å². The summed E-state index contributed by atoms with van der Waals surface area (Å²) < 4.78 is 0. The Bertz CT molecular complexity index is 295. The Kier molecular flexibility index (Phi) is 9.26. The van der Waals surface area contributed by atoms with Crippen LogP contribution in [0.3, 0.4) is 0 Å². The number of unbranched alkanes of at least 4 members (excludes halogenated alkanes) is 5. The molecule has 0 aliphatic carbocycles. The average Bonchev–Trinajstić information content (AvgIpc) is 2.31. The van der Waals surface area contributed by atoms with Crippen molar-refractivity contribution < 1.29 is 9.59 Å². The van der Waals surface area contributed by atoms with Crippen LogP contribution in [0, 0.1) is 0 Å². The molecule has 0 fully saturated rings. The molecule has 4 nitrogen and oxygen atoms in total. The molecule has 0 aromatic carbocycles. The zero-order chi connectivity index (χ0) is 15.6. The Labute approximate surface area is 124 Å². The highest BCUT2D eigenvalue weighted by Gasteiger charge is 2.20. The van der Waals surface area contributed by atoms with E-state index in [1.165, 1.54) is 25.7 Å². The summed E-state index contributed by atoms with van der Waals surface area (Å²) >= 11 is 0. The predicted molar refractivity (Wildman–Crippen MR) is 83.5 cm³/mol. The number of nitrogens with one attached hydrogen (secondary N) is 2. The zero-order valence-corrected chi connectivity index (χ0v) is 13.8. The van der Waals surface area contributed by atoms with Crippen LogP contribution in [0.2, 0.25) is 0 Å². The van der Waals surface area contributed by atoms with Crippen LogP contribution in [-0.4, -0.2) is 23.4 Å². The van der Waals surface area contributed by atoms with Gasteiger partial charge >= 0.3 is 0 Å². The second kappa shape index (κ2) is 9.78. The van der Waals surface area contributed by atoms with Gasteiger partial charge in [-0.2, -0.15) is 0 Å². The van der Waals surface area contributed by atoms with E-state index in [2.05, 4.69) is 17.6 Å². The lowest BCUT2D eigenvalue weighted by Gasteiger charge is -2.23. The van der Waals surface area contributed by atoms with Crippen molar-refractivity contribution in [3.63, 3.8) is 0 Å². The summed E-state index contributed by atoms with van der Waals surface area (Å²) in [5.41, 5.74) is -0.269. The van der Waals surface area contributed by atoms with Crippen LogP contribution in [-0.2, 0) is 9.59 Å². The normalized spacial score (nSPS) is 12.8. The lowest BCUT2D eigenvalue weighted by molar-refractivity contribution is -0.129. The molecule has 0 radical (unpaired) electrons. The van der Waals surface area contributed by atoms with Crippen LogP contribution in [0.5, 0.6) is 0 Å². The molecule has 0 aromatic rings. The summed E-state index contributed by atoms with van der Waals surface area (Å²) in [5, 5.41) is 5.61. The Balaban J connectivity index is 3.77. The van der Waals surface area contributed by atoms with E-state index >= 15 is 0 Å². The van der Waals surface area contributed by atoms with E-state index in [0.29, 0.717) is 6.42 Å². The van der Waals surface area contributed by atoms with Crippen molar-refractivity contribution in [3.05, 3.63) is 0 Å². The molecule has 0 heterocycles. The topological polar surface area (TPSA) is 58.2 Å². The van der Waals surface area contributed by atoms with Gasteiger partial charge in [-0.05, 0) is 34.1 Å². The van der Waals surface area contributed by atoms with Crippen LogP contribution in [0.15, 0.2) is 0 Å². The van der Waals surface area contributed by atoms with Crippen molar-refractivity contribution >= 4 is 11.8 Å². The third-order valence-corrected chi connectivity index (χ3v) is 3.03. The molecule has 2 amide bonds. The Morgan fingerprint density at radius 2 is 1.55 bits per heavy atom. The molecule has 4 heteroatoms. The van der Waals surface area contributed by atoms with E-state index in [1.54, 1.807) is 6.92 Å². The molecule has 0 aliphatic heterocycles. The van der Waals surface area contributed by atoms with Crippen LogP contribution in [0.25, 0.3) is 0 Å². The number of hydrogen-bond acceptors (Lipinski definition) is 2. The summed E-state index contributed by atoms with van der Waals surface area (Å²) in [5.74, 6) is -0.161. The first-order chi connectivity index (χ1) is 9.26. The molecule has 1 atom stereocenters. The lowest BCUT2D eigenvalue weighted by atomic mass is 10.1. The van der Waals surface area contributed by atoms with Gasteiger partial charge in [0.15, 0.2) is 0 Å². The van der Waals surface area contributed by atoms with Gasteiger partial charge in [-0.1, -0.05) is 39.0 Å². The zero-order valence-electron chi connectivity index (χ0n) is 13.8. The third kappa shape index (κ3) is 10.8. The highest BCUT2D eigenvalue weighted by Crippen LogP contribution is 2.07. The SMILES string of the molecule is CCCCCCCCC(=O)NC(C)C(=O)NC(C)(C)C. The molecule has 0 saturated heterocycles. The van der Waals surface area contributed by atoms with Gasteiger partial charge in [0.05, 0.1) is 0 Å². The number of rotatable bonds is 9. The highest BCUT2D eigenvalue weighted by molar-refractivity contribution is 5.87. The summed E-state index contributed by atoms with van der Waals surface area (Å²) in [6.45, 7) is 9.69. The maximum atomic E-state index is 11.8. The Morgan fingerprint density at radius 1 is 1.00 bits per heavy atom. The first kappa shape index (κ1) is 18.9. The van der Waals surface area contributed by atoms with Crippen molar-refractivity contribution in [1.82, 2.24) is 10.6 Å². The average molecular weight is 284 g/mol. The van der Waals surface area contributed by atoms with Gasteiger partial charge in [-0.15, -0.1) is 0 Å². The molecule has 2 N–H and O–H groups in total. The third-order valence-electron chi connectivity index (χ3n) is 3.03. The van der Waals surface area contributed by atoms with E-state index in [-0.39, 0.29) is 17.4 Å². The summed E-state index contributed by atoms with van der Waals surface area (Å²) in [7, 11) is 0. The second-order valence-electron chi connectivity index (χ2n) is 6.55. The van der Waals surface area contributed by atoms with Gasteiger partial charge < -0.3 is 10.6 Å². The fourth-order valence-corrected chi connectivity index (χ4v) is 1.92. The fraction of sp³-hybridized carbons (Fsp3) is 0.875. The van der Waals surface area contributed by atoms with E-state index in [1.807, 2.05) is 20.8 Å². The van der Waals surface area contributed by atoms with Crippen molar-refractivity contribution in [2.24, 2.45) is 0 Å². The Hall–Kier alpha value is -1.06. The van der Waals surface area contributed by atoms with E-state index in [9.17, 15) is 9.59 Å². The molecule has 0 aliphatic rings. The first-order valence-corrected chi connectivity index (χ1v) is 7.87. The summed E-state index contributed by atoms with van der Waals surface area (Å²) in [6, 6.07) is -0.471. The van der Waals surface area contributed by atoms with Crippen LogP contribution in [0.4, 0.5) is 0 Å². The van der Waals surface area contributed by atoms with Gasteiger partial charge in [0.2, 0.25) is 11.8 Å². The minimum atomic E-state index is -0.471. The van der Waals surface area contributed by atoms with E-state index in [4.69, 9.17) is 0 Å². The van der Waals surface area contributed by atoms with Crippen molar-refractivity contribution in [2.45, 2.75) is 91.1 Å². The minimum absolute atomic E-state index is 0.0305. The molecule has 1 unspecified atom stereocenters. The molecular weight excluding hydrogens is 252 g/mol. The quantitative estimate of drug-likeness (QED) is 0.639. The van der Waals surface area contributed by atoms with Gasteiger partial charge in [0, 0.05) is 12.0 Å². The predicted octanol–water partition coefficient (Wildman–Crippen LogP) is 3.16. The maximum absolute atomic E-state index is 11.8. The molecule has 0 saturated carbocycles. The van der Waals surface area contributed by atoms with E-state index < -0.39 is 6.04 Å². The smallest absolute Gasteiger partial charge is 0.242 e. The second-order valence-corrected chi connectivity index (χ2v) is 6.55. The molecular formula is C16H32N2O2. The van der Waals surface area contributed by atoms with Gasteiger partial charge in [0.1, 0.15) is 6.04 Å². The van der Waals surface area contributed by atoms with Crippen molar-refractivity contribution in [3.8, 4) is 0 Å². The highest BCUT2D eigenvalue weighted by atomic mass is 16.2. The van der Waals surface area contributed by atoms with E-state index in [0.717, 1.165) is 12.8 Å². The molecule has 118 valence electrons. The van der Waals surface area contributed by atoms with Crippen molar-refractivity contribution in [1.29, 1.82) is 0 Å². The van der Waals surface area contributed by atoms with Crippen LogP contribution in [0.1, 0.15) is 79.6 Å². The van der Waals surface area contributed by atoms with Crippen LogP contribution >= 0.6 is 0 Å². The molecule has 0 rings (SSSR count). The summed E-state index contributed by atoms with van der Waals surface area (Å²) in [4.78, 5) is 23.5. The van der Waals surface area contributed by atoms with Crippen molar-refractivity contribution in [2.75, 3.05) is 0 Å². The number of carbonyl (C=O) groups excluding carboxylic acids is 2. The Morgan fingerprint density at radius 3 is 2.10 bits per heavy atom. The van der Waals surface area contributed by atoms with Crippen LogP contribution < -0.4 is 10.6 Å². The number of hydrogen-bond donors (Lipinski definition) is 2. The summed E-state index contributed by atoms with van der Waals surface area (Å²) in [6.07, 6.45) is 7.47. The lowest BCUT2D eigenvalue weighted by Crippen LogP contribution is -2.50. The molecule has 0 aromatic heterocycles. The standard InChI is InChI=1S/C16H32N2O2/c1-6-7-8-9-10-11-12-14(19)17-13(2)15(20)18-16(3,4)5/h13H,6-12H2,1-5H3,(H,17,19)(H,18,20). The first-order valence-electron chi connectivity index (χ1n) is 7.87. The monoisotopic (exact) mass is 284 g/mol.